The molecule has 1 aromatic heterocycles. The van der Waals surface area contributed by atoms with Crippen LogP contribution in [0.4, 0.5) is 0 Å². The van der Waals surface area contributed by atoms with Crippen LogP contribution in [0.1, 0.15) is 5.76 Å². The molecule has 4 nitrogen and oxygen atoms in total. The lowest BCUT2D eigenvalue weighted by Gasteiger charge is -2.08. The zero-order valence-electron chi connectivity index (χ0n) is 9.36. The average Bonchev–Trinajstić information content (AvgIpc) is 2.84. The van der Waals surface area contributed by atoms with Crippen LogP contribution in [0, 0.1) is 0 Å². The first-order chi connectivity index (χ1) is 8.90. The monoisotopic (exact) mass is 383 g/mol. The summed E-state index contributed by atoms with van der Waals surface area (Å²) in [6, 6.07) is 6.07. The summed E-state index contributed by atoms with van der Waals surface area (Å²) < 4.78 is 32.2. The van der Waals surface area contributed by atoms with Crippen molar-refractivity contribution in [2.24, 2.45) is 0 Å². The molecule has 0 amide bonds. The number of rotatable bonds is 4. The molecule has 8 heteroatoms. The maximum atomic E-state index is 12.1. The van der Waals surface area contributed by atoms with Crippen molar-refractivity contribution in [1.82, 2.24) is 4.72 Å². The smallest absolute Gasteiger partial charge is 0.242 e. The van der Waals surface area contributed by atoms with Gasteiger partial charge >= 0.3 is 0 Å². The molecule has 0 unspecified atom stereocenters. The van der Waals surface area contributed by atoms with Gasteiger partial charge in [-0.2, -0.15) is 0 Å². The van der Waals surface area contributed by atoms with Gasteiger partial charge in [0.1, 0.15) is 10.7 Å². The van der Waals surface area contributed by atoms with Crippen molar-refractivity contribution in [2.45, 2.75) is 11.4 Å². The van der Waals surface area contributed by atoms with Crippen LogP contribution in [0.3, 0.4) is 0 Å². The topological polar surface area (TPSA) is 59.3 Å². The summed E-state index contributed by atoms with van der Waals surface area (Å²) in [5.41, 5.74) is 0. The van der Waals surface area contributed by atoms with Crippen molar-refractivity contribution >= 4 is 49.2 Å². The summed E-state index contributed by atoms with van der Waals surface area (Å²) >= 11 is 15.0. The van der Waals surface area contributed by atoms with E-state index in [9.17, 15) is 8.42 Å². The van der Waals surface area contributed by atoms with Crippen LogP contribution in [0.5, 0.6) is 0 Å². The fourth-order valence-electron chi connectivity index (χ4n) is 1.37. The third kappa shape index (κ3) is 3.52. The molecule has 0 saturated carbocycles. The molecule has 1 aromatic carbocycles. The van der Waals surface area contributed by atoms with Crippen molar-refractivity contribution in [1.29, 1.82) is 0 Å². The minimum Gasteiger partial charge on any atom is -0.468 e. The van der Waals surface area contributed by atoms with Crippen LogP contribution in [0.15, 0.2) is 44.3 Å². The Morgan fingerprint density at radius 2 is 2.00 bits per heavy atom. The van der Waals surface area contributed by atoms with Gasteiger partial charge in [-0.05, 0) is 40.2 Å². The third-order valence-electron chi connectivity index (χ3n) is 2.28. The Labute approximate surface area is 128 Å². The largest absolute Gasteiger partial charge is 0.468 e. The molecule has 0 aliphatic heterocycles. The molecule has 0 aliphatic rings. The van der Waals surface area contributed by atoms with E-state index in [0.29, 0.717) is 10.2 Å². The van der Waals surface area contributed by atoms with Gasteiger partial charge in [-0.15, -0.1) is 0 Å². The maximum absolute atomic E-state index is 12.1. The summed E-state index contributed by atoms with van der Waals surface area (Å²) in [5, 5.41) is 0.353. The molecule has 2 aromatic rings. The van der Waals surface area contributed by atoms with Gasteiger partial charge in [-0.25, -0.2) is 13.1 Å². The molecular formula is C11H8BrCl2NO3S. The Bertz CT molecular complexity index is 686. The van der Waals surface area contributed by atoms with Crippen molar-refractivity contribution in [3.8, 4) is 0 Å². The molecule has 0 bridgehead atoms. The van der Waals surface area contributed by atoms with E-state index in [1.807, 2.05) is 0 Å². The second-order valence-electron chi connectivity index (χ2n) is 3.60. The highest BCUT2D eigenvalue weighted by atomic mass is 79.9. The predicted octanol–water partition coefficient (Wildman–Crippen LogP) is 3.83. The Balaban J connectivity index is 2.27. The van der Waals surface area contributed by atoms with Gasteiger partial charge in [-0.3, -0.25) is 0 Å². The first kappa shape index (κ1) is 14.9. The van der Waals surface area contributed by atoms with Gasteiger partial charge in [0.15, 0.2) is 0 Å². The first-order valence-electron chi connectivity index (χ1n) is 5.07. The Morgan fingerprint density at radius 1 is 1.26 bits per heavy atom. The van der Waals surface area contributed by atoms with Crippen molar-refractivity contribution < 1.29 is 12.8 Å². The lowest BCUT2D eigenvalue weighted by atomic mass is 10.4. The molecule has 0 spiro atoms. The van der Waals surface area contributed by atoms with E-state index in [2.05, 4.69) is 20.7 Å². The molecule has 0 saturated heterocycles. The number of hydrogen-bond donors (Lipinski definition) is 1. The van der Waals surface area contributed by atoms with E-state index < -0.39 is 10.0 Å². The van der Waals surface area contributed by atoms with Crippen molar-refractivity contribution in [2.75, 3.05) is 0 Å². The Morgan fingerprint density at radius 3 is 2.63 bits per heavy atom. The number of furan rings is 1. The lowest BCUT2D eigenvalue weighted by molar-refractivity contribution is 0.498. The van der Waals surface area contributed by atoms with Crippen LogP contribution in [-0.2, 0) is 16.6 Å². The minimum atomic E-state index is -3.75. The molecule has 0 aliphatic carbocycles. The van der Waals surface area contributed by atoms with Gasteiger partial charge in [0, 0.05) is 4.47 Å². The fraction of sp³-hybridized carbons (Fsp3) is 0.0909. The van der Waals surface area contributed by atoms with Crippen LogP contribution in [0.2, 0.25) is 10.0 Å². The van der Waals surface area contributed by atoms with Gasteiger partial charge in [0.2, 0.25) is 10.0 Å². The van der Waals surface area contributed by atoms with Crippen LogP contribution in [0.25, 0.3) is 0 Å². The molecule has 0 atom stereocenters. The summed E-state index contributed by atoms with van der Waals surface area (Å²) in [4.78, 5) is -0.0751. The van der Waals surface area contributed by atoms with Crippen molar-refractivity contribution in [3.63, 3.8) is 0 Å². The minimum absolute atomic E-state index is 0.0410. The van der Waals surface area contributed by atoms with Gasteiger partial charge < -0.3 is 4.42 Å². The zero-order chi connectivity index (χ0) is 14.0. The summed E-state index contributed by atoms with van der Waals surface area (Å²) in [6.45, 7) is 0.0410. The first-order valence-corrected chi connectivity index (χ1v) is 8.10. The normalized spacial score (nSPS) is 11.7. The number of hydrogen-bond acceptors (Lipinski definition) is 3. The maximum Gasteiger partial charge on any atom is 0.242 e. The molecule has 19 heavy (non-hydrogen) atoms. The molecule has 1 N–H and O–H groups in total. The van der Waals surface area contributed by atoms with E-state index in [1.54, 1.807) is 12.1 Å². The standard InChI is InChI=1S/C11H8BrCl2NO3S/c12-8-4-10(14)11(5-9(8)13)19(16,17)15-6-7-2-1-3-18-7/h1-5,15H,6H2. The van der Waals surface area contributed by atoms with Crippen LogP contribution >= 0.6 is 39.1 Å². The molecular weight excluding hydrogens is 377 g/mol. The summed E-state index contributed by atoms with van der Waals surface area (Å²) in [5.74, 6) is 0.503. The fourth-order valence-corrected chi connectivity index (χ4v) is 3.62. The van der Waals surface area contributed by atoms with E-state index in [4.69, 9.17) is 27.6 Å². The van der Waals surface area contributed by atoms with Gasteiger partial charge in [0.25, 0.3) is 0 Å². The number of benzene rings is 1. The van der Waals surface area contributed by atoms with E-state index in [1.165, 1.54) is 18.4 Å². The van der Waals surface area contributed by atoms with Crippen LogP contribution in [-0.4, -0.2) is 8.42 Å². The predicted molar refractivity (Wildman–Crippen MR) is 76.9 cm³/mol. The number of nitrogens with one attached hydrogen (secondary N) is 1. The second kappa shape index (κ2) is 5.85. The summed E-state index contributed by atoms with van der Waals surface area (Å²) in [7, 11) is -3.75. The van der Waals surface area contributed by atoms with Crippen LogP contribution < -0.4 is 4.72 Å². The van der Waals surface area contributed by atoms with Gasteiger partial charge in [0.05, 0.1) is 22.9 Å². The molecule has 1 heterocycles. The molecule has 0 radical (unpaired) electrons. The average molecular weight is 385 g/mol. The van der Waals surface area contributed by atoms with E-state index in [0.717, 1.165) is 0 Å². The number of halogens is 3. The molecule has 2 rings (SSSR count). The third-order valence-corrected chi connectivity index (χ3v) is 5.34. The Hall–Kier alpha value is -0.530. The molecule has 102 valence electrons. The van der Waals surface area contributed by atoms with Gasteiger partial charge in [-0.1, -0.05) is 23.2 Å². The highest BCUT2D eigenvalue weighted by Crippen LogP contribution is 2.31. The highest BCUT2D eigenvalue weighted by Gasteiger charge is 2.19. The lowest BCUT2D eigenvalue weighted by Crippen LogP contribution is -2.23. The molecule has 0 fully saturated rings. The summed E-state index contributed by atoms with van der Waals surface area (Å²) in [6.07, 6.45) is 1.47. The van der Waals surface area contributed by atoms with E-state index >= 15 is 0 Å². The SMILES string of the molecule is O=S(=O)(NCc1ccco1)c1cc(Cl)c(Br)cc1Cl. The Kier molecular flexibility index (Phi) is 4.58. The quantitative estimate of drug-likeness (QED) is 0.815. The second-order valence-corrected chi connectivity index (χ2v) is 7.00. The van der Waals surface area contributed by atoms with E-state index in [-0.39, 0.29) is 21.5 Å². The number of sulfonamides is 1. The zero-order valence-corrected chi connectivity index (χ0v) is 13.3. The highest BCUT2D eigenvalue weighted by molar-refractivity contribution is 9.10. The van der Waals surface area contributed by atoms with Crippen molar-refractivity contribution in [3.05, 3.63) is 50.8 Å².